The Labute approximate surface area is 124 Å². The first-order valence-corrected chi connectivity index (χ1v) is 6.89. The number of nitrogens with zero attached hydrogens (tertiary/aromatic N) is 1. The summed E-state index contributed by atoms with van der Waals surface area (Å²) >= 11 is 0. The van der Waals surface area contributed by atoms with E-state index in [4.69, 9.17) is 10.5 Å². The van der Waals surface area contributed by atoms with Crippen molar-refractivity contribution in [3.8, 4) is 5.75 Å². The Hall–Kier alpha value is -2.40. The second-order valence-electron chi connectivity index (χ2n) is 4.59. The van der Waals surface area contributed by atoms with E-state index in [1.807, 2.05) is 36.4 Å². The molecule has 110 valence electrons. The number of anilines is 1. The molecule has 1 heterocycles. The maximum absolute atomic E-state index is 11.8. The number of aromatic nitrogens is 1. The van der Waals surface area contributed by atoms with Crippen LogP contribution < -0.4 is 15.8 Å². The summed E-state index contributed by atoms with van der Waals surface area (Å²) in [5.74, 6) is 0.688. The monoisotopic (exact) mass is 285 g/mol. The van der Waals surface area contributed by atoms with E-state index in [1.54, 1.807) is 12.4 Å². The Kier molecular flexibility index (Phi) is 5.72. The lowest BCUT2D eigenvalue weighted by Crippen LogP contribution is -2.13. The molecule has 0 saturated heterocycles. The molecule has 0 bridgehead atoms. The number of pyridine rings is 1. The van der Waals surface area contributed by atoms with Crippen LogP contribution in [0.15, 0.2) is 48.8 Å². The van der Waals surface area contributed by atoms with Crippen molar-refractivity contribution in [1.82, 2.24) is 4.98 Å². The highest BCUT2D eigenvalue weighted by molar-refractivity contribution is 5.90. The summed E-state index contributed by atoms with van der Waals surface area (Å²) in [6, 6.07) is 11.2. The Morgan fingerprint density at radius 3 is 2.95 bits per heavy atom. The summed E-state index contributed by atoms with van der Waals surface area (Å²) in [7, 11) is 0. The lowest BCUT2D eigenvalue weighted by molar-refractivity contribution is -0.116. The van der Waals surface area contributed by atoms with Gasteiger partial charge in [-0.15, -0.1) is 0 Å². The van der Waals surface area contributed by atoms with E-state index >= 15 is 0 Å². The second-order valence-corrected chi connectivity index (χ2v) is 4.59. The van der Waals surface area contributed by atoms with Crippen LogP contribution in [0, 0.1) is 0 Å². The van der Waals surface area contributed by atoms with Crippen molar-refractivity contribution >= 4 is 11.6 Å². The normalized spacial score (nSPS) is 10.1. The Morgan fingerprint density at radius 1 is 1.29 bits per heavy atom. The molecule has 0 spiro atoms. The van der Waals surface area contributed by atoms with Crippen molar-refractivity contribution in [3.63, 3.8) is 0 Å². The standard InChI is InChI=1S/C16H19N3O2/c17-11-13-4-1-5-14(10-13)19-16(20)7-3-9-21-15-6-2-8-18-12-15/h1-2,4-6,8,10,12H,3,7,9,11,17H2,(H,19,20). The number of benzene rings is 1. The highest BCUT2D eigenvalue weighted by Crippen LogP contribution is 2.11. The predicted molar refractivity (Wildman–Crippen MR) is 81.9 cm³/mol. The highest BCUT2D eigenvalue weighted by atomic mass is 16.5. The topological polar surface area (TPSA) is 77.2 Å². The molecule has 0 aliphatic carbocycles. The molecule has 21 heavy (non-hydrogen) atoms. The third-order valence-corrected chi connectivity index (χ3v) is 2.90. The Morgan fingerprint density at radius 2 is 2.19 bits per heavy atom. The quantitative estimate of drug-likeness (QED) is 0.765. The van der Waals surface area contributed by atoms with Gasteiger partial charge in [0.05, 0.1) is 12.8 Å². The van der Waals surface area contributed by atoms with Gasteiger partial charge in [0.1, 0.15) is 5.75 Å². The Bertz CT molecular complexity index is 573. The highest BCUT2D eigenvalue weighted by Gasteiger charge is 2.03. The van der Waals surface area contributed by atoms with Crippen molar-refractivity contribution in [3.05, 3.63) is 54.4 Å². The van der Waals surface area contributed by atoms with Gasteiger partial charge in [0.15, 0.2) is 0 Å². The molecule has 2 rings (SSSR count). The molecule has 0 atom stereocenters. The molecule has 5 heteroatoms. The van der Waals surface area contributed by atoms with Crippen LogP contribution in [0.5, 0.6) is 5.75 Å². The van der Waals surface area contributed by atoms with Crippen molar-refractivity contribution < 1.29 is 9.53 Å². The van der Waals surface area contributed by atoms with Gasteiger partial charge < -0.3 is 15.8 Å². The summed E-state index contributed by atoms with van der Waals surface area (Å²) < 4.78 is 5.48. The maximum Gasteiger partial charge on any atom is 0.224 e. The van der Waals surface area contributed by atoms with Gasteiger partial charge in [-0.2, -0.15) is 0 Å². The van der Waals surface area contributed by atoms with Crippen molar-refractivity contribution in [2.24, 2.45) is 5.73 Å². The van der Waals surface area contributed by atoms with E-state index in [2.05, 4.69) is 10.3 Å². The first-order valence-electron chi connectivity index (χ1n) is 6.89. The predicted octanol–water partition coefficient (Wildman–Crippen LogP) is 2.34. The minimum absolute atomic E-state index is 0.0287. The molecular weight excluding hydrogens is 266 g/mol. The largest absolute Gasteiger partial charge is 0.492 e. The zero-order chi connectivity index (χ0) is 14.9. The van der Waals surface area contributed by atoms with Gasteiger partial charge in [-0.05, 0) is 36.2 Å². The van der Waals surface area contributed by atoms with Crippen LogP contribution in [0.3, 0.4) is 0 Å². The number of carbonyl (C=O) groups excluding carboxylic acids is 1. The van der Waals surface area contributed by atoms with Crippen molar-refractivity contribution in [2.75, 3.05) is 11.9 Å². The number of nitrogens with two attached hydrogens (primary N) is 1. The number of hydrogen-bond acceptors (Lipinski definition) is 4. The molecule has 0 aliphatic rings. The van der Waals surface area contributed by atoms with E-state index in [-0.39, 0.29) is 5.91 Å². The van der Waals surface area contributed by atoms with Crippen LogP contribution in [-0.2, 0) is 11.3 Å². The van der Waals surface area contributed by atoms with Gasteiger partial charge >= 0.3 is 0 Å². The number of rotatable bonds is 7. The molecular formula is C16H19N3O2. The van der Waals surface area contributed by atoms with Gasteiger partial charge in [0.2, 0.25) is 5.91 Å². The van der Waals surface area contributed by atoms with Crippen LogP contribution in [0.25, 0.3) is 0 Å². The average molecular weight is 285 g/mol. The summed E-state index contributed by atoms with van der Waals surface area (Å²) in [5.41, 5.74) is 7.34. The molecule has 1 aromatic carbocycles. The van der Waals surface area contributed by atoms with Gasteiger partial charge in [-0.1, -0.05) is 12.1 Å². The van der Waals surface area contributed by atoms with Gasteiger partial charge in [0.25, 0.3) is 0 Å². The van der Waals surface area contributed by atoms with Gasteiger partial charge in [0, 0.05) is 24.8 Å². The zero-order valence-electron chi connectivity index (χ0n) is 11.8. The smallest absolute Gasteiger partial charge is 0.224 e. The lowest BCUT2D eigenvalue weighted by Gasteiger charge is -2.07. The van der Waals surface area contributed by atoms with Crippen LogP contribution in [0.1, 0.15) is 18.4 Å². The van der Waals surface area contributed by atoms with Gasteiger partial charge in [-0.3, -0.25) is 9.78 Å². The number of carbonyl (C=O) groups is 1. The third-order valence-electron chi connectivity index (χ3n) is 2.90. The van der Waals surface area contributed by atoms with Crippen LogP contribution in [0.4, 0.5) is 5.69 Å². The molecule has 3 N–H and O–H groups in total. The second kappa shape index (κ2) is 8.01. The molecule has 5 nitrogen and oxygen atoms in total. The fraction of sp³-hybridized carbons (Fsp3) is 0.250. The molecule has 0 unspecified atom stereocenters. The van der Waals surface area contributed by atoms with E-state index < -0.39 is 0 Å². The number of hydrogen-bond donors (Lipinski definition) is 2. The summed E-state index contributed by atoms with van der Waals surface area (Å²) in [5, 5.41) is 2.85. The summed E-state index contributed by atoms with van der Waals surface area (Å²) in [4.78, 5) is 15.8. The molecule has 0 saturated carbocycles. The van der Waals surface area contributed by atoms with E-state index in [1.165, 1.54) is 0 Å². The molecule has 0 fully saturated rings. The number of ether oxygens (including phenoxy) is 1. The average Bonchev–Trinajstić information content (AvgIpc) is 2.53. The fourth-order valence-corrected chi connectivity index (χ4v) is 1.85. The van der Waals surface area contributed by atoms with Gasteiger partial charge in [-0.25, -0.2) is 0 Å². The fourth-order valence-electron chi connectivity index (χ4n) is 1.85. The third kappa shape index (κ3) is 5.24. The minimum Gasteiger partial charge on any atom is -0.492 e. The van der Waals surface area contributed by atoms with Crippen molar-refractivity contribution in [1.29, 1.82) is 0 Å². The molecule has 1 amide bonds. The molecule has 0 radical (unpaired) electrons. The number of nitrogens with one attached hydrogen (secondary N) is 1. The van der Waals surface area contributed by atoms with Crippen molar-refractivity contribution in [2.45, 2.75) is 19.4 Å². The molecule has 0 aliphatic heterocycles. The summed E-state index contributed by atoms with van der Waals surface area (Å²) in [6.45, 7) is 0.949. The maximum atomic E-state index is 11.8. The van der Waals surface area contributed by atoms with E-state index in [0.29, 0.717) is 31.7 Å². The van der Waals surface area contributed by atoms with Crippen LogP contribution in [0.2, 0.25) is 0 Å². The number of amides is 1. The summed E-state index contributed by atoms with van der Waals surface area (Å²) in [6.07, 6.45) is 4.40. The lowest BCUT2D eigenvalue weighted by atomic mass is 10.2. The van der Waals surface area contributed by atoms with Crippen LogP contribution in [-0.4, -0.2) is 17.5 Å². The van der Waals surface area contributed by atoms with Crippen LogP contribution >= 0.6 is 0 Å². The SMILES string of the molecule is NCc1cccc(NC(=O)CCCOc2cccnc2)c1. The molecule has 2 aromatic rings. The van der Waals surface area contributed by atoms with E-state index in [0.717, 1.165) is 11.3 Å². The minimum atomic E-state index is -0.0287. The van der Waals surface area contributed by atoms with E-state index in [9.17, 15) is 4.79 Å². The molecule has 1 aromatic heterocycles. The first-order chi connectivity index (χ1) is 10.3. The zero-order valence-corrected chi connectivity index (χ0v) is 11.8. The first kappa shape index (κ1) is 15.0. The Balaban J connectivity index is 1.70.